The van der Waals surface area contributed by atoms with Crippen molar-refractivity contribution in [3.63, 3.8) is 0 Å². The standard InChI is InChI=1S/C13H11ClN2O4/c14-11-8-4-2-1-3-7(8)9(5-15-11)12(18)16-6-10(17)13(19)20/h1-5,10,17H,6H2,(H,16,18)(H,19,20)/t10-/m0/s1. The van der Waals surface area contributed by atoms with Gasteiger partial charge in [0.1, 0.15) is 5.15 Å². The van der Waals surface area contributed by atoms with Gasteiger partial charge in [-0.1, -0.05) is 35.9 Å². The fourth-order valence-corrected chi connectivity index (χ4v) is 1.92. The zero-order valence-electron chi connectivity index (χ0n) is 10.2. The average Bonchev–Trinajstić information content (AvgIpc) is 2.45. The van der Waals surface area contributed by atoms with Crippen LogP contribution in [0.2, 0.25) is 5.15 Å². The van der Waals surface area contributed by atoms with Crippen LogP contribution in [-0.4, -0.2) is 39.7 Å². The number of carboxylic acid groups (broad SMARTS) is 1. The first kappa shape index (κ1) is 14.2. The second kappa shape index (κ2) is 5.85. The quantitative estimate of drug-likeness (QED) is 0.732. The number of nitrogens with zero attached hydrogens (tertiary/aromatic N) is 1. The zero-order valence-corrected chi connectivity index (χ0v) is 11.0. The van der Waals surface area contributed by atoms with Crippen LogP contribution in [-0.2, 0) is 4.79 Å². The number of pyridine rings is 1. The number of nitrogens with one attached hydrogen (secondary N) is 1. The minimum absolute atomic E-state index is 0.266. The molecule has 0 saturated heterocycles. The molecule has 0 fully saturated rings. The molecular weight excluding hydrogens is 284 g/mol. The van der Waals surface area contributed by atoms with E-state index in [1.54, 1.807) is 24.3 Å². The Morgan fingerprint density at radius 1 is 1.30 bits per heavy atom. The van der Waals surface area contributed by atoms with Crippen molar-refractivity contribution < 1.29 is 19.8 Å². The molecule has 0 bridgehead atoms. The summed E-state index contributed by atoms with van der Waals surface area (Å²) in [5, 5.41) is 21.5. The number of halogens is 1. The molecule has 1 aromatic heterocycles. The van der Waals surface area contributed by atoms with Crippen LogP contribution in [0.15, 0.2) is 30.5 Å². The number of fused-ring (bicyclic) bond motifs is 1. The highest BCUT2D eigenvalue weighted by Crippen LogP contribution is 2.23. The number of benzene rings is 1. The Hall–Kier alpha value is -2.18. The van der Waals surface area contributed by atoms with E-state index >= 15 is 0 Å². The number of hydrogen-bond acceptors (Lipinski definition) is 4. The molecule has 0 unspecified atom stereocenters. The molecule has 2 rings (SSSR count). The van der Waals surface area contributed by atoms with Gasteiger partial charge in [-0.2, -0.15) is 0 Å². The van der Waals surface area contributed by atoms with E-state index in [9.17, 15) is 9.59 Å². The van der Waals surface area contributed by atoms with Crippen LogP contribution >= 0.6 is 11.6 Å². The van der Waals surface area contributed by atoms with Crippen LogP contribution < -0.4 is 5.32 Å². The van der Waals surface area contributed by atoms with Crippen LogP contribution in [0.3, 0.4) is 0 Å². The van der Waals surface area contributed by atoms with Gasteiger partial charge in [0.15, 0.2) is 6.10 Å². The van der Waals surface area contributed by atoms with Gasteiger partial charge in [0.2, 0.25) is 0 Å². The van der Waals surface area contributed by atoms with Gasteiger partial charge in [0.25, 0.3) is 5.91 Å². The van der Waals surface area contributed by atoms with Crippen molar-refractivity contribution in [1.82, 2.24) is 10.3 Å². The molecule has 104 valence electrons. The highest BCUT2D eigenvalue weighted by molar-refractivity contribution is 6.34. The predicted molar refractivity (Wildman–Crippen MR) is 72.7 cm³/mol. The van der Waals surface area contributed by atoms with Gasteiger partial charge < -0.3 is 15.5 Å². The molecule has 0 aliphatic rings. The molecule has 0 aliphatic heterocycles. The topological polar surface area (TPSA) is 99.5 Å². The Kier molecular flexibility index (Phi) is 4.16. The monoisotopic (exact) mass is 294 g/mol. The molecule has 3 N–H and O–H groups in total. The van der Waals surface area contributed by atoms with Crippen LogP contribution in [0.4, 0.5) is 0 Å². The van der Waals surface area contributed by atoms with E-state index in [-0.39, 0.29) is 17.3 Å². The highest BCUT2D eigenvalue weighted by Gasteiger charge is 2.17. The van der Waals surface area contributed by atoms with Gasteiger partial charge in [-0.3, -0.25) is 4.79 Å². The number of amides is 1. The molecule has 1 heterocycles. The highest BCUT2D eigenvalue weighted by atomic mass is 35.5. The number of hydrogen-bond donors (Lipinski definition) is 3. The summed E-state index contributed by atoms with van der Waals surface area (Å²) in [4.78, 5) is 26.4. The van der Waals surface area contributed by atoms with Gasteiger partial charge >= 0.3 is 5.97 Å². The first-order valence-corrected chi connectivity index (χ1v) is 6.11. The fourth-order valence-electron chi connectivity index (χ4n) is 1.71. The molecule has 20 heavy (non-hydrogen) atoms. The molecule has 0 aliphatic carbocycles. The first-order valence-electron chi connectivity index (χ1n) is 5.73. The lowest BCUT2D eigenvalue weighted by molar-refractivity contribution is -0.146. The summed E-state index contributed by atoms with van der Waals surface area (Å²) in [6, 6.07) is 6.96. The van der Waals surface area contributed by atoms with Crippen molar-refractivity contribution in [3.05, 3.63) is 41.2 Å². The summed E-state index contributed by atoms with van der Waals surface area (Å²) in [5.74, 6) is -1.92. The Morgan fingerprint density at radius 2 is 1.95 bits per heavy atom. The average molecular weight is 295 g/mol. The third-order valence-electron chi connectivity index (χ3n) is 2.73. The number of carbonyl (C=O) groups excluding carboxylic acids is 1. The number of aliphatic hydroxyl groups excluding tert-OH is 1. The summed E-state index contributed by atoms with van der Waals surface area (Å²) in [6.45, 7) is -0.384. The van der Waals surface area contributed by atoms with Gasteiger partial charge in [0.05, 0.1) is 12.1 Å². The van der Waals surface area contributed by atoms with E-state index in [2.05, 4.69) is 10.3 Å². The summed E-state index contributed by atoms with van der Waals surface area (Å²) in [5.41, 5.74) is 0.266. The van der Waals surface area contributed by atoms with Crippen LogP contribution in [0.5, 0.6) is 0 Å². The number of aliphatic carboxylic acids is 1. The van der Waals surface area contributed by atoms with Crippen LogP contribution in [0.25, 0.3) is 10.8 Å². The molecule has 1 aromatic carbocycles. The van der Waals surface area contributed by atoms with Gasteiger partial charge in [-0.05, 0) is 5.39 Å². The third kappa shape index (κ3) is 2.87. The lowest BCUT2D eigenvalue weighted by Crippen LogP contribution is -2.36. The minimum atomic E-state index is -1.65. The van der Waals surface area contributed by atoms with Crippen molar-refractivity contribution in [2.75, 3.05) is 6.54 Å². The molecule has 7 heteroatoms. The fraction of sp³-hybridized carbons (Fsp3) is 0.154. The summed E-state index contributed by atoms with van der Waals surface area (Å²) in [7, 11) is 0. The van der Waals surface area contributed by atoms with Crippen molar-refractivity contribution in [3.8, 4) is 0 Å². The maximum Gasteiger partial charge on any atom is 0.334 e. The Morgan fingerprint density at radius 3 is 2.60 bits per heavy atom. The Bertz CT molecular complexity index is 674. The lowest BCUT2D eigenvalue weighted by atomic mass is 10.1. The van der Waals surface area contributed by atoms with E-state index < -0.39 is 18.0 Å². The van der Waals surface area contributed by atoms with E-state index in [1.165, 1.54) is 6.20 Å². The van der Waals surface area contributed by atoms with Crippen molar-refractivity contribution >= 4 is 34.2 Å². The maximum atomic E-state index is 12.0. The smallest absolute Gasteiger partial charge is 0.334 e. The van der Waals surface area contributed by atoms with Crippen LogP contribution in [0.1, 0.15) is 10.4 Å². The van der Waals surface area contributed by atoms with E-state index in [4.69, 9.17) is 21.8 Å². The van der Waals surface area contributed by atoms with Crippen LogP contribution in [0, 0.1) is 0 Å². The number of rotatable bonds is 4. The number of aliphatic hydroxyl groups is 1. The van der Waals surface area contributed by atoms with Crippen molar-refractivity contribution in [2.45, 2.75) is 6.10 Å². The maximum absolute atomic E-state index is 12.0. The molecule has 2 aromatic rings. The molecule has 1 atom stereocenters. The number of carboxylic acids is 1. The molecular formula is C13H11ClN2O4. The van der Waals surface area contributed by atoms with Gasteiger partial charge in [-0.25, -0.2) is 9.78 Å². The van der Waals surface area contributed by atoms with E-state index in [1.807, 2.05) is 0 Å². The van der Waals surface area contributed by atoms with Gasteiger partial charge in [-0.15, -0.1) is 0 Å². The van der Waals surface area contributed by atoms with Crippen molar-refractivity contribution in [2.24, 2.45) is 0 Å². The number of carbonyl (C=O) groups is 2. The third-order valence-corrected chi connectivity index (χ3v) is 3.03. The molecule has 0 radical (unpaired) electrons. The second-order valence-electron chi connectivity index (χ2n) is 4.07. The molecule has 0 saturated carbocycles. The SMILES string of the molecule is O=C(NC[C@H](O)C(=O)O)c1cnc(Cl)c2ccccc12. The zero-order chi connectivity index (χ0) is 14.7. The second-order valence-corrected chi connectivity index (χ2v) is 4.43. The Balaban J connectivity index is 2.27. The van der Waals surface area contributed by atoms with E-state index in [0.29, 0.717) is 10.8 Å². The summed E-state index contributed by atoms with van der Waals surface area (Å²) < 4.78 is 0. The predicted octanol–water partition coefficient (Wildman–Crippen LogP) is 1.06. The molecule has 0 spiro atoms. The van der Waals surface area contributed by atoms with Crippen molar-refractivity contribution in [1.29, 1.82) is 0 Å². The normalized spacial score (nSPS) is 12.1. The summed E-state index contributed by atoms with van der Waals surface area (Å²) in [6.07, 6.45) is -0.335. The molecule has 6 nitrogen and oxygen atoms in total. The van der Waals surface area contributed by atoms with Gasteiger partial charge in [0, 0.05) is 11.6 Å². The lowest BCUT2D eigenvalue weighted by Gasteiger charge is -2.10. The number of aromatic nitrogens is 1. The molecule has 1 amide bonds. The first-order chi connectivity index (χ1) is 9.50. The Labute approximate surface area is 119 Å². The minimum Gasteiger partial charge on any atom is -0.479 e. The largest absolute Gasteiger partial charge is 0.479 e. The van der Waals surface area contributed by atoms with E-state index in [0.717, 1.165) is 0 Å². The summed E-state index contributed by atoms with van der Waals surface area (Å²) >= 11 is 5.94.